The van der Waals surface area contributed by atoms with Gasteiger partial charge in [-0.3, -0.25) is 19.9 Å². The summed E-state index contributed by atoms with van der Waals surface area (Å²) in [6.07, 6.45) is 1.58. The molecule has 0 saturated carbocycles. The van der Waals surface area contributed by atoms with Crippen LogP contribution in [-0.4, -0.2) is 69.3 Å². The molecule has 1 atom stereocenters. The zero-order chi connectivity index (χ0) is 28.7. The molecule has 0 bridgehead atoms. The van der Waals surface area contributed by atoms with E-state index in [1.807, 2.05) is 18.2 Å². The molecule has 0 aliphatic carbocycles. The van der Waals surface area contributed by atoms with Gasteiger partial charge in [0.15, 0.2) is 0 Å². The Bertz CT molecular complexity index is 1240. The zero-order valence-electron chi connectivity index (χ0n) is 22.5. The van der Waals surface area contributed by atoms with Crippen LogP contribution < -0.4 is 21.7 Å². The van der Waals surface area contributed by atoms with E-state index in [-0.39, 0.29) is 37.9 Å². The van der Waals surface area contributed by atoms with Crippen LogP contribution in [0.1, 0.15) is 33.9 Å². The number of nitrogens with zero attached hydrogens (tertiary/aromatic N) is 2. The third-order valence-corrected chi connectivity index (χ3v) is 5.92. The summed E-state index contributed by atoms with van der Waals surface area (Å²) in [7, 11) is 1.58. The van der Waals surface area contributed by atoms with Gasteiger partial charge in [-0.05, 0) is 54.1 Å². The highest BCUT2D eigenvalue weighted by Gasteiger charge is 2.21. The summed E-state index contributed by atoms with van der Waals surface area (Å²) in [5.74, 6) is -0.322. The number of amides is 1. The molecule has 0 saturated heterocycles. The molecule has 0 aliphatic heterocycles. The summed E-state index contributed by atoms with van der Waals surface area (Å²) in [5.41, 5.74) is 14.6. The Balaban J connectivity index is 1.62. The molecule has 2 aromatic carbocycles. The number of carbonyl (C=O) groups excluding carboxylic acids is 2. The SMILES string of the molecule is COCCOCCOC(=O)CCN(C(=O)c1cccc(C(N)CNc2ccc(C(=N)N)cc2)c1)c1ccccn1. The minimum absolute atomic E-state index is 0.00435. The summed E-state index contributed by atoms with van der Waals surface area (Å²) in [5, 5.41) is 10.8. The molecular formula is C29H36N6O5. The van der Waals surface area contributed by atoms with Crippen molar-refractivity contribution < 1.29 is 23.8 Å². The molecular weight excluding hydrogens is 512 g/mol. The fourth-order valence-corrected chi connectivity index (χ4v) is 3.74. The van der Waals surface area contributed by atoms with E-state index in [1.54, 1.807) is 61.8 Å². The normalized spacial score (nSPS) is 11.4. The molecule has 0 fully saturated rings. The van der Waals surface area contributed by atoms with E-state index in [4.69, 9.17) is 31.1 Å². The predicted octanol–water partition coefficient (Wildman–Crippen LogP) is 2.72. The van der Waals surface area contributed by atoms with E-state index in [2.05, 4.69) is 10.3 Å². The first-order valence-corrected chi connectivity index (χ1v) is 12.9. The fourth-order valence-electron chi connectivity index (χ4n) is 3.74. The lowest BCUT2D eigenvalue weighted by Crippen LogP contribution is -2.34. The van der Waals surface area contributed by atoms with E-state index >= 15 is 0 Å². The number of nitrogens with two attached hydrogens (primary N) is 2. The largest absolute Gasteiger partial charge is 0.463 e. The Morgan fingerprint density at radius 2 is 1.77 bits per heavy atom. The monoisotopic (exact) mass is 548 g/mol. The van der Waals surface area contributed by atoms with Gasteiger partial charge in [-0.25, -0.2) is 4.98 Å². The smallest absolute Gasteiger partial charge is 0.307 e. The number of esters is 1. The maximum absolute atomic E-state index is 13.6. The quantitative estimate of drug-likeness (QED) is 0.0911. The molecule has 6 N–H and O–H groups in total. The Labute approximate surface area is 233 Å². The maximum Gasteiger partial charge on any atom is 0.307 e. The number of nitrogens with one attached hydrogen (secondary N) is 2. The van der Waals surface area contributed by atoms with E-state index in [0.29, 0.717) is 36.7 Å². The lowest BCUT2D eigenvalue weighted by molar-refractivity contribution is -0.145. The number of methoxy groups -OCH3 is 1. The minimum Gasteiger partial charge on any atom is -0.463 e. The van der Waals surface area contributed by atoms with Crippen molar-refractivity contribution in [3.05, 3.63) is 89.6 Å². The van der Waals surface area contributed by atoms with E-state index in [1.165, 1.54) is 4.90 Å². The number of rotatable bonds is 16. The number of aromatic nitrogens is 1. The molecule has 0 spiro atoms. The zero-order valence-corrected chi connectivity index (χ0v) is 22.5. The number of carbonyl (C=O) groups is 2. The Morgan fingerprint density at radius 3 is 2.48 bits per heavy atom. The molecule has 0 aliphatic rings. The average molecular weight is 549 g/mol. The van der Waals surface area contributed by atoms with Crippen LogP contribution in [0.2, 0.25) is 0 Å². The van der Waals surface area contributed by atoms with Crippen LogP contribution >= 0.6 is 0 Å². The second-order valence-corrected chi connectivity index (χ2v) is 8.82. The summed E-state index contributed by atoms with van der Waals surface area (Å²) in [6, 6.07) is 19.1. The molecule has 11 nitrogen and oxygen atoms in total. The van der Waals surface area contributed by atoms with Gasteiger partial charge < -0.3 is 31.0 Å². The minimum atomic E-state index is -0.442. The highest BCUT2D eigenvalue weighted by atomic mass is 16.6. The molecule has 1 unspecified atom stereocenters. The summed E-state index contributed by atoms with van der Waals surface area (Å²) in [4.78, 5) is 31.7. The Kier molecular flexibility index (Phi) is 12.0. The third-order valence-electron chi connectivity index (χ3n) is 5.92. The first-order chi connectivity index (χ1) is 19.4. The lowest BCUT2D eigenvalue weighted by Gasteiger charge is -2.22. The van der Waals surface area contributed by atoms with Crippen molar-refractivity contribution in [3.8, 4) is 0 Å². The standard InChI is InChI=1S/C29H36N6O5/c1-38-15-16-39-17-18-40-27(36)12-14-35(26-7-2-3-13-33-26)29(37)23-6-4-5-22(19-23)25(30)20-34-24-10-8-21(9-11-24)28(31)32/h2-11,13,19,25,34H,12,14-18,20,30H2,1H3,(H3,31,32). The van der Waals surface area contributed by atoms with Gasteiger partial charge in [0.1, 0.15) is 18.3 Å². The number of ether oxygens (including phenoxy) is 3. The molecule has 40 heavy (non-hydrogen) atoms. The Morgan fingerprint density at radius 1 is 1.00 bits per heavy atom. The van der Waals surface area contributed by atoms with Gasteiger partial charge in [0.25, 0.3) is 5.91 Å². The molecule has 1 aromatic heterocycles. The number of anilines is 2. The highest BCUT2D eigenvalue weighted by Crippen LogP contribution is 2.19. The number of nitrogen functional groups attached to an aromatic ring is 1. The number of amidine groups is 1. The van der Waals surface area contributed by atoms with Gasteiger partial charge in [-0.2, -0.15) is 0 Å². The molecule has 1 heterocycles. The molecule has 212 valence electrons. The number of hydrogen-bond acceptors (Lipinski definition) is 9. The van der Waals surface area contributed by atoms with Crippen LogP contribution in [0.3, 0.4) is 0 Å². The number of pyridine rings is 1. The first kappa shape index (κ1) is 30.2. The number of benzene rings is 2. The highest BCUT2D eigenvalue weighted by molar-refractivity contribution is 6.06. The first-order valence-electron chi connectivity index (χ1n) is 12.9. The lowest BCUT2D eigenvalue weighted by atomic mass is 10.0. The molecule has 3 aromatic rings. The van der Waals surface area contributed by atoms with E-state index in [0.717, 1.165) is 11.3 Å². The van der Waals surface area contributed by atoms with Crippen molar-refractivity contribution in [2.75, 3.05) is 56.8 Å². The van der Waals surface area contributed by atoms with E-state index < -0.39 is 12.0 Å². The average Bonchev–Trinajstić information content (AvgIpc) is 2.98. The van der Waals surface area contributed by atoms with Crippen molar-refractivity contribution in [1.82, 2.24) is 4.98 Å². The van der Waals surface area contributed by atoms with Crippen molar-refractivity contribution >= 4 is 29.2 Å². The van der Waals surface area contributed by atoms with Gasteiger partial charge in [-0.1, -0.05) is 18.2 Å². The van der Waals surface area contributed by atoms with Gasteiger partial charge in [-0.15, -0.1) is 0 Å². The van der Waals surface area contributed by atoms with Gasteiger partial charge >= 0.3 is 5.97 Å². The molecule has 0 radical (unpaired) electrons. The number of hydrogen-bond donors (Lipinski definition) is 4. The summed E-state index contributed by atoms with van der Waals surface area (Å²) in [6.45, 7) is 1.78. The molecule has 1 amide bonds. The van der Waals surface area contributed by atoms with Crippen LogP contribution in [0.5, 0.6) is 0 Å². The van der Waals surface area contributed by atoms with Gasteiger partial charge in [0, 0.05) is 49.3 Å². The van der Waals surface area contributed by atoms with Crippen LogP contribution in [-0.2, 0) is 19.0 Å². The Hall–Kier alpha value is -4.32. The third kappa shape index (κ3) is 9.45. The topological polar surface area (TPSA) is 166 Å². The van der Waals surface area contributed by atoms with Crippen molar-refractivity contribution in [2.45, 2.75) is 12.5 Å². The van der Waals surface area contributed by atoms with Crippen LogP contribution in [0.15, 0.2) is 72.9 Å². The van der Waals surface area contributed by atoms with Gasteiger partial charge in [0.05, 0.1) is 26.2 Å². The molecule has 11 heteroatoms. The van der Waals surface area contributed by atoms with Crippen LogP contribution in [0, 0.1) is 5.41 Å². The van der Waals surface area contributed by atoms with E-state index in [9.17, 15) is 9.59 Å². The maximum atomic E-state index is 13.6. The van der Waals surface area contributed by atoms with Crippen molar-refractivity contribution in [3.63, 3.8) is 0 Å². The molecule has 3 rings (SSSR count). The van der Waals surface area contributed by atoms with Crippen LogP contribution in [0.25, 0.3) is 0 Å². The van der Waals surface area contributed by atoms with Crippen molar-refractivity contribution in [1.29, 1.82) is 5.41 Å². The fraction of sp³-hybridized carbons (Fsp3) is 0.310. The summed E-state index contributed by atoms with van der Waals surface area (Å²) < 4.78 is 15.4. The van der Waals surface area contributed by atoms with Crippen LogP contribution in [0.4, 0.5) is 11.5 Å². The summed E-state index contributed by atoms with van der Waals surface area (Å²) >= 11 is 0. The van der Waals surface area contributed by atoms with Gasteiger partial charge in [0.2, 0.25) is 0 Å². The second-order valence-electron chi connectivity index (χ2n) is 8.82. The second kappa shape index (κ2) is 15.9. The predicted molar refractivity (Wildman–Crippen MR) is 154 cm³/mol. The van der Waals surface area contributed by atoms with Crippen molar-refractivity contribution in [2.24, 2.45) is 11.5 Å².